The highest BCUT2D eigenvalue weighted by molar-refractivity contribution is 6.09. The minimum Gasteiger partial charge on any atom is -0.399 e. The number of aryl methyl sites for hydroxylation is 2. The van der Waals surface area contributed by atoms with Crippen LogP contribution in [0.1, 0.15) is 21.5 Å². The zero-order valence-electron chi connectivity index (χ0n) is 11.9. The van der Waals surface area contributed by atoms with Gasteiger partial charge in [-0.2, -0.15) is 5.10 Å². The van der Waals surface area contributed by atoms with Crippen molar-refractivity contribution in [2.75, 3.05) is 11.1 Å². The first kappa shape index (κ1) is 13.2. The Labute approximate surface area is 122 Å². The molecule has 2 aromatic heterocycles. The van der Waals surface area contributed by atoms with Crippen LogP contribution in [-0.4, -0.2) is 15.5 Å². The van der Waals surface area contributed by atoms with E-state index in [2.05, 4.69) is 10.4 Å². The van der Waals surface area contributed by atoms with Crippen molar-refractivity contribution < 1.29 is 4.79 Å². The molecule has 3 N–H and O–H groups in total. The number of anilines is 2. The summed E-state index contributed by atoms with van der Waals surface area (Å²) in [5.74, 6) is -0.174. The lowest BCUT2D eigenvalue weighted by atomic mass is 10.1. The first-order chi connectivity index (χ1) is 10.1. The Morgan fingerprint density at radius 3 is 2.67 bits per heavy atom. The van der Waals surface area contributed by atoms with Gasteiger partial charge in [0.25, 0.3) is 5.91 Å². The lowest BCUT2D eigenvalue weighted by Gasteiger charge is -2.12. The number of fused-ring (bicyclic) bond motifs is 1. The van der Waals surface area contributed by atoms with Gasteiger partial charge in [-0.3, -0.25) is 4.79 Å². The maximum absolute atomic E-state index is 12.5. The van der Waals surface area contributed by atoms with Gasteiger partial charge < -0.3 is 11.1 Å². The Bertz CT molecular complexity index is 812. The average molecular weight is 280 g/mol. The van der Waals surface area contributed by atoms with E-state index in [1.54, 1.807) is 10.7 Å². The number of nitrogens with two attached hydrogens (primary N) is 1. The van der Waals surface area contributed by atoms with E-state index in [1.807, 2.05) is 50.4 Å². The molecule has 0 saturated carbocycles. The zero-order chi connectivity index (χ0) is 15.0. The third-order valence-corrected chi connectivity index (χ3v) is 3.46. The lowest BCUT2D eigenvalue weighted by Crippen LogP contribution is -2.13. The number of benzene rings is 1. The summed E-state index contributed by atoms with van der Waals surface area (Å²) in [5, 5.41) is 7.13. The summed E-state index contributed by atoms with van der Waals surface area (Å²) < 4.78 is 1.68. The van der Waals surface area contributed by atoms with Gasteiger partial charge in [-0.15, -0.1) is 0 Å². The second-order valence-corrected chi connectivity index (χ2v) is 5.07. The molecule has 0 saturated heterocycles. The number of hydrogen-bond acceptors (Lipinski definition) is 3. The van der Waals surface area contributed by atoms with Crippen LogP contribution in [0.15, 0.2) is 42.7 Å². The third-order valence-electron chi connectivity index (χ3n) is 3.46. The second-order valence-electron chi connectivity index (χ2n) is 5.07. The van der Waals surface area contributed by atoms with Crippen molar-refractivity contribution >= 4 is 22.8 Å². The van der Waals surface area contributed by atoms with Gasteiger partial charge in [0.2, 0.25) is 0 Å². The van der Waals surface area contributed by atoms with Crippen LogP contribution in [0.4, 0.5) is 11.4 Å². The number of pyridine rings is 1. The predicted molar refractivity (Wildman–Crippen MR) is 83.5 cm³/mol. The normalized spacial score (nSPS) is 10.8. The fraction of sp³-hybridized carbons (Fsp3) is 0.125. The van der Waals surface area contributed by atoms with Crippen molar-refractivity contribution in [2.24, 2.45) is 0 Å². The molecule has 0 radical (unpaired) electrons. The van der Waals surface area contributed by atoms with Gasteiger partial charge in [0.1, 0.15) is 0 Å². The highest BCUT2D eigenvalue weighted by Crippen LogP contribution is 2.24. The van der Waals surface area contributed by atoms with E-state index in [0.717, 1.165) is 22.3 Å². The minimum absolute atomic E-state index is 0.174. The maximum Gasteiger partial charge on any atom is 0.259 e. The molecule has 5 heteroatoms. The van der Waals surface area contributed by atoms with Gasteiger partial charge in [-0.05, 0) is 49.2 Å². The average Bonchev–Trinajstić information content (AvgIpc) is 2.86. The molecule has 0 unspecified atom stereocenters. The molecule has 0 atom stereocenters. The zero-order valence-corrected chi connectivity index (χ0v) is 11.9. The largest absolute Gasteiger partial charge is 0.399 e. The molecular weight excluding hydrogens is 264 g/mol. The van der Waals surface area contributed by atoms with Crippen molar-refractivity contribution in [1.82, 2.24) is 9.61 Å². The molecule has 21 heavy (non-hydrogen) atoms. The first-order valence-electron chi connectivity index (χ1n) is 6.66. The van der Waals surface area contributed by atoms with Crippen LogP contribution in [0.25, 0.3) is 5.52 Å². The Morgan fingerprint density at radius 2 is 1.95 bits per heavy atom. The van der Waals surface area contributed by atoms with E-state index in [0.29, 0.717) is 11.3 Å². The van der Waals surface area contributed by atoms with Crippen LogP contribution in [0, 0.1) is 13.8 Å². The molecule has 0 aliphatic heterocycles. The van der Waals surface area contributed by atoms with Crippen molar-refractivity contribution in [3.05, 3.63) is 59.4 Å². The van der Waals surface area contributed by atoms with E-state index in [9.17, 15) is 4.79 Å². The summed E-state index contributed by atoms with van der Waals surface area (Å²) in [7, 11) is 0. The topological polar surface area (TPSA) is 72.4 Å². The van der Waals surface area contributed by atoms with Gasteiger partial charge >= 0.3 is 0 Å². The van der Waals surface area contributed by atoms with E-state index >= 15 is 0 Å². The summed E-state index contributed by atoms with van der Waals surface area (Å²) in [6, 6.07) is 9.31. The van der Waals surface area contributed by atoms with Crippen molar-refractivity contribution in [3.8, 4) is 0 Å². The summed E-state index contributed by atoms with van der Waals surface area (Å²) in [5.41, 5.74) is 10.5. The van der Waals surface area contributed by atoms with Crippen LogP contribution in [0.2, 0.25) is 0 Å². The van der Waals surface area contributed by atoms with Crippen LogP contribution in [0.3, 0.4) is 0 Å². The number of nitrogens with zero attached hydrogens (tertiary/aromatic N) is 2. The van der Waals surface area contributed by atoms with Gasteiger partial charge in [-0.1, -0.05) is 6.07 Å². The van der Waals surface area contributed by atoms with E-state index in [1.165, 1.54) is 0 Å². The molecule has 3 rings (SSSR count). The highest BCUT2D eigenvalue weighted by Gasteiger charge is 2.14. The van der Waals surface area contributed by atoms with Gasteiger partial charge in [0, 0.05) is 17.6 Å². The molecule has 0 aliphatic rings. The molecule has 0 fully saturated rings. The second kappa shape index (κ2) is 4.94. The molecule has 0 spiro atoms. The quantitative estimate of drug-likeness (QED) is 0.709. The van der Waals surface area contributed by atoms with Crippen LogP contribution in [0.5, 0.6) is 0 Å². The molecule has 0 bridgehead atoms. The summed E-state index contributed by atoms with van der Waals surface area (Å²) in [6.07, 6.45) is 3.39. The third kappa shape index (κ3) is 2.33. The molecule has 0 aliphatic carbocycles. The van der Waals surface area contributed by atoms with Crippen molar-refractivity contribution in [2.45, 2.75) is 13.8 Å². The fourth-order valence-corrected chi connectivity index (χ4v) is 2.48. The van der Waals surface area contributed by atoms with Gasteiger partial charge in [0.15, 0.2) is 0 Å². The SMILES string of the molecule is Cc1cc(N)cc(C)c1NC(=O)c1cnn2ccccc12. The maximum atomic E-state index is 12.5. The molecule has 3 aromatic rings. The van der Waals surface area contributed by atoms with E-state index < -0.39 is 0 Å². The van der Waals surface area contributed by atoms with E-state index in [-0.39, 0.29) is 5.91 Å². The number of nitrogens with one attached hydrogen (secondary N) is 1. The highest BCUT2D eigenvalue weighted by atomic mass is 16.1. The van der Waals surface area contributed by atoms with E-state index in [4.69, 9.17) is 5.73 Å². The lowest BCUT2D eigenvalue weighted by molar-refractivity contribution is 0.102. The Morgan fingerprint density at radius 1 is 1.24 bits per heavy atom. The number of carbonyl (C=O) groups excluding carboxylic acids is 1. The minimum atomic E-state index is -0.174. The van der Waals surface area contributed by atoms with Crippen molar-refractivity contribution in [1.29, 1.82) is 0 Å². The summed E-state index contributed by atoms with van der Waals surface area (Å²) >= 11 is 0. The van der Waals surface area contributed by atoms with Crippen molar-refractivity contribution in [3.63, 3.8) is 0 Å². The molecule has 1 aromatic carbocycles. The molecule has 106 valence electrons. The fourth-order valence-electron chi connectivity index (χ4n) is 2.48. The standard InChI is InChI=1S/C16H16N4O/c1-10-7-12(17)8-11(2)15(10)19-16(21)13-9-18-20-6-4-3-5-14(13)20/h3-9H,17H2,1-2H3,(H,19,21). The molecule has 5 nitrogen and oxygen atoms in total. The predicted octanol–water partition coefficient (Wildman–Crippen LogP) is 2.79. The Hall–Kier alpha value is -2.82. The smallest absolute Gasteiger partial charge is 0.259 e. The van der Waals surface area contributed by atoms with Gasteiger partial charge in [0.05, 0.1) is 17.3 Å². The number of hydrogen-bond donors (Lipinski definition) is 2. The van der Waals surface area contributed by atoms with Crippen LogP contribution >= 0.6 is 0 Å². The number of amides is 1. The van der Waals surface area contributed by atoms with Crippen LogP contribution in [-0.2, 0) is 0 Å². The number of nitrogen functional groups attached to an aromatic ring is 1. The summed E-state index contributed by atoms with van der Waals surface area (Å²) in [4.78, 5) is 12.5. The first-order valence-corrected chi connectivity index (χ1v) is 6.66. The van der Waals surface area contributed by atoms with Crippen LogP contribution < -0.4 is 11.1 Å². The Kier molecular flexibility index (Phi) is 3.10. The molecule has 2 heterocycles. The molecule has 1 amide bonds. The number of aromatic nitrogens is 2. The number of carbonyl (C=O) groups is 1. The number of rotatable bonds is 2. The Balaban J connectivity index is 1.97. The monoisotopic (exact) mass is 280 g/mol. The summed E-state index contributed by atoms with van der Waals surface area (Å²) in [6.45, 7) is 3.85. The van der Waals surface area contributed by atoms with Gasteiger partial charge in [-0.25, -0.2) is 4.52 Å². The molecular formula is C16H16N4O.